The Morgan fingerprint density at radius 3 is 1.96 bits per heavy atom. The van der Waals surface area contributed by atoms with Gasteiger partial charge in [0, 0.05) is 13.0 Å². The Kier molecular flexibility index (Phi) is 8.33. The van der Waals surface area contributed by atoms with E-state index in [0.29, 0.717) is 12.8 Å². The second kappa shape index (κ2) is 10.0. The summed E-state index contributed by atoms with van der Waals surface area (Å²) in [5, 5.41) is 12.7. The SMILES string of the molecule is Cl.N[C@@H](Cc1ccccc1)C(=O)NCC(O)Cc1ccccc1. The quantitative estimate of drug-likeness (QED) is 0.721. The molecular weight excluding hydrogens is 312 g/mol. The fourth-order valence-electron chi connectivity index (χ4n) is 2.27. The van der Waals surface area contributed by atoms with E-state index in [1.54, 1.807) is 0 Å². The summed E-state index contributed by atoms with van der Waals surface area (Å²) in [5.74, 6) is -0.240. The molecule has 0 spiro atoms. The minimum Gasteiger partial charge on any atom is -0.391 e. The maximum Gasteiger partial charge on any atom is 0.237 e. The van der Waals surface area contributed by atoms with Crippen LogP contribution < -0.4 is 11.1 Å². The number of amides is 1. The smallest absolute Gasteiger partial charge is 0.237 e. The molecule has 23 heavy (non-hydrogen) atoms. The molecule has 124 valence electrons. The minimum atomic E-state index is -0.615. The first-order valence-corrected chi connectivity index (χ1v) is 7.44. The van der Waals surface area contributed by atoms with Crippen molar-refractivity contribution in [1.29, 1.82) is 0 Å². The first-order valence-electron chi connectivity index (χ1n) is 7.44. The molecule has 1 amide bonds. The molecule has 4 N–H and O–H groups in total. The predicted molar refractivity (Wildman–Crippen MR) is 94.5 cm³/mol. The molecule has 0 saturated heterocycles. The summed E-state index contributed by atoms with van der Waals surface area (Å²) in [7, 11) is 0. The predicted octanol–water partition coefficient (Wildman–Crippen LogP) is 1.70. The van der Waals surface area contributed by atoms with Crippen molar-refractivity contribution >= 4 is 18.3 Å². The normalized spacial score (nSPS) is 12.8. The summed E-state index contributed by atoms with van der Waals surface area (Å²) in [6, 6.07) is 18.7. The number of nitrogens with two attached hydrogens (primary N) is 1. The Labute approximate surface area is 143 Å². The lowest BCUT2D eigenvalue weighted by molar-refractivity contribution is -0.122. The van der Waals surface area contributed by atoms with Crippen LogP contribution in [0.2, 0.25) is 0 Å². The summed E-state index contributed by atoms with van der Waals surface area (Å²) in [6.45, 7) is 0.205. The van der Waals surface area contributed by atoms with E-state index in [2.05, 4.69) is 5.32 Å². The number of hydrogen-bond acceptors (Lipinski definition) is 3. The van der Waals surface area contributed by atoms with E-state index in [9.17, 15) is 9.90 Å². The van der Waals surface area contributed by atoms with Crippen LogP contribution in [0.4, 0.5) is 0 Å². The zero-order valence-corrected chi connectivity index (χ0v) is 13.7. The Morgan fingerprint density at radius 1 is 0.957 bits per heavy atom. The van der Waals surface area contributed by atoms with Crippen molar-refractivity contribution in [2.75, 3.05) is 6.54 Å². The molecular formula is C18H23ClN2O2. The molecule has 4 nitrogen and oxygen atoms in total. The highest BCUT2D eigenvalue weighted by Gasteiger charge is 2.15. The Bertz CT molecular complexity index is 578. The summed E-state index contributed by atoms with van der Waals surface area (Å²) in [6.07, 6.45) is 0.381. The summed E-state index contributed by atoms with van der Waals surface area (Å²) in [5.41, 5.74) is 7.96. The maximum absolute atomic E-state index is 12.0. The first-order chi connectivity index (χ1) is 10.6. The fraction of sp³-hybridized carbons (Fsp3) is 0.278. The molecule has 5 heteroatoms. The molecule has 0 aliphatic heterocycles. The highest BCUT2D eigenvalue weighted by Crippen LogP contribution is 2.04. The molecule has 0 aliphatic carbocycles. The van der Waals surface area contributed by atoms with E-state index in [0.717, 1.165) is 11.1 Å². The topological polar surface area (TPSA) is 75.4 Å². The van der Waals surface area contributed by atoms with Gasteiger partial charge in [0.05, 0.1) is 12.1 Å². The first kappa shape index (κ1) is 19.2. The van der Waals surface area contributed by atoms with Gasteiger partial charge >= 0.3 is 0 Å². The third-order valence-electron chi connectivity index (χ3n) is 3.46. The molecule has 0 bridgehead atoms. The van der Waals surface area contributed by atoms with Crippen LogP contribution in [-0.2, 0) is 17.6 Å². The molecule has 2 aromatic carbocycles. The van der Waals surface area contributed by atoms with E-state index >= 15 is 0 Å². The van der Waals surface area contributed by atoms with Gasteiger partial charge in [-0.2, -0.15) is 0 Å². The van der Waals surface area contributed by atoms with Crippen molar-refractivity contribution in [1.82, 2.24) is 5.32 Å². The average Bonchev–Trinajstić information content (AvgIpc) is 2.54. The van der Waals surface area contributed by atoms with Crippen LogP contribution in [-0.4, -0.2) is 29.7 Å². The van der Waals surface area contributed by atoms with Gasteiger partial charge in [0.15, 0.2) is 0 Å². The minimum absolute atomic E-state index is 0. The Balaban J connectivity index is 0.00000264. The second-order valence-corrected chi connectivity index (χ2v) is 5.38. The second-order valence-electron chi connectivity index (χ2n) is 5.38. The molecule has 0 aromatic heterocycles. The lowest BCUT2D eigenvalue weighted by Crippen LogP contribution is -2.44. The number of rotatable bonds is 7. The van der Waals surface area contributed by atoms with Crippen LogP contribution in [0, 0.1) is 0 Å². The molecule has 0 saturated carbocycles. The third-order valence-corrected chi connectivity index (χ3v) is 3.46. The summed E-state index contributed by atoms with van der Waals surface area (Å²) >= 11 is 0. The Morgan fingerprint density at radius 2 is 1.43 bits per heavy atom. The van der Waals surface area contributed by atoms with Crippen molar-refractivity contribution in [3.8, 4) is 0 Å². The van der Waals surface area contributed by atoms with E-state index in [1.165, 1.54) is 0 Å². The van der Waals surface area contributed by atoms with Gasteiger partial charge in [0.2, 0.25) is 5.91 Å². The lowest BCUT2D eigenvalue weighted by Gasteiger charge is -2.15. The van der Waals surface area contributed by atoms with Gasteiger partial charge in [-0.1, -0.05) is 60.7 Å². The van der Waals surface area contributed by atoms with Crippen LogP contribution in [0.15, 0.2) is 60.7 Å². The zero-order chi connectivity index (χ0) is 15.8. The van der Waals surface area contributed by atoms with Gasteiger partial charge in [0.1, 0.15) is 0 Å². The molecule has 0 heterocycles. The highest BCUT2D eigenvalue weighted by molar-refractivity contribution is 5.85. The fourth-order valence-corrected chi connectivity index (χ4v) is 2.27. The van der Waals surface area contributed by atoms with Gasteiger partial charge < -0.3 is 16.2 Å². The summed E-state index contributed by atoms with van der Waals surface area (Å²) in [4.78, 5) is 12.0. The van der Waals surface area contributed by atoms with E-state index in [-0.39, 0.29) is 24.9 Å². The lowest BCUT2D eigenvalue weighted by atomic mass is 10.1. The molecule has 2 aromatic rings. The van der Waals surface area contributed by atoms with Crippen LogP contribution in [0.1, 0.15) is 11.1 Å². The van der Waals surface area contributed by atoms with Gasteiger partial charge in [-0.15, -0.1) is 12.4 Å². The van der Waals surface area contributed by atoms with E-state index in [4.69, 9.17) is 5.73 Å². The van der Waals surface area contributed by atoms with Crippen LogP contribution in [0.5, 0.6) is 0 Å². The molecule has 2 rings (SSSR count). The van der Waals surface area contributed by atoms with Crippen LogP contribution in [0.25, 0.3) is 0 Å². The number of carbonyl (C=O) groups is 1. The van der Waals surface area contributed by atoms with Gasteiger partial charge in [-0.05, 0) is 17.5 Å². The molecule has 0 radical (unpaired) electrons. The van der Waals surface area contributed by atoms with E-state index < -0.39 is 12.1 Å². The number of nitrogens with one attached hydrogen (secondary N) is 1. The van der Waals surface area contributed by atoms with Crippen molar-refractivity contribution in [2.45, 2.75) is 25.0 Å². The number of benzene rings is 2. The molecule has 0 aliphatic rings. The Hall–Kier alpha value is -1.88. The zero-order valence-electron chi connectivity index (χ0n) is 12.9. The number of carbonyl (C=O) groups excluding carboxylic acids is 1. The van der Waals surface area contributed by atoms with E-state index in [1.807, 2.05) is 60.7 Å². The van der Waals surface area contributed by atoms with Crippen LogP contribution in [0.3, 0.4) is 0 Å². The van der Waals surface area contributed by atoms with Crippen molar-refractivity contribution in [3.05, 3.63) is 71.8 Å². The van der Waals surface area contributed by atoms with Gasteiger partial charge in [-0.25, -0.2) is 0 Å². The number of aliphatic hydroxyl groups is 1. The van der Waals surface area contributed by atoms with Crippen LogP contribution >= 0.6 is 12.4 Å². The van der Waals surface area contributed by atoms with Gasteiger partial charge in [-0.3, -0.25) is 4.79 Å². The maximum atomic E-state index is 12.0. The summed E-state index contributed by atoms with van der Waals surface area (Å²) < 4.78 is 0. The monoisotopic (exact) mass is 334 g/mol. The molecule has 2 atom stereocenters. The number of halogens is 1. The molecule has 1 unspecified atom stereocenters. The van der Waals surface area contributed by atoms with Crippen molar-refractivity contribution in [3.63, 3.8) is 0 Å². The van der Waals surface area contributed by atoms with Gasteiger partial charge in [0.25, 0.3) is 0 Å². The van der Waals surface area contributed by atoms with Crippen molar-refractivity contribution < 1.29 is 9.90 Å². The molecule has 0 fully saturated rings. The average molecular weight is 335 g/mol. The van der Waals surface area contributed by atoms with Crippen molar-refractivity contribution in [2.24, 2.45) is 5.73 Å². The largest absolute Gasteiger partial charge is 0.391 e. The standard InChI is InChI=1S/C18H22N2O2.ClH/c19-17(12-15-9-5-2-6-10-15)18(22)20-13-16(21)11-14-7-3-1-4-8-14;/h1-10,16-17,21H,11-13,19H2,(H,20,22);1H/t16?,17-;/m0./s1. The number of aliphatic hydroxyl groups excluding tert-OH is 1. The third kappa shape index (κ3) is 6.82. The highest BCUT2D eigenvalue weighted by atomic mass is 35.5. The number of hydrogen-bond donors (Lipinski definition) is 3.